The number of amides is 3. The van der Waals surface area contributed by atoms with Crippen molar-refractivity contribution >= 4 is 28.5 Å². The summed E-state index contributed by atoms with van der Waals surface area (Å²) >= 11 is 0. The summed E-state index contributed by atoms with van der Waals surface area (Å²) in [6.07, 6.45) is 1.88. The maximum Gasteiger partial charge on any atom is 0.319 e. The number of nitrogens with zero attached hydrogens (tertiary/aromatic N) is 2. The van der Waals surface area contributed by atoms with E-state index in [1.54, 1.807) is 26.1 Å². The summed E-state index contributed by atoms with van der Waals surface area (Å²) in [4.78, 5) is 26.1. The number of hydrogen-bond acceptors (Lipinski definition) is 3. The minimum Gasteiger partial charge on any atom is -0.496 e. The number of likely N-dealkylation sites (N-methyl/N-ethyl adjacent to an activating group) is 1. The van der Waals surface area contributed by atoms with Gasteiger partial charge in [0.25, 0.3) is 0 Å². The van der Waals surface area contributed by atoms with Crippen LogP contribution in [0, 0.1) is 6.92 Å². The van der Waals surface area contributed by atoms with Crippen molar-refractivity contribution in [3.8, 4) is 5.75 Å². The van der Waals surface area contributed by atoms with Gasteiger partial charge >= 0.3 is 6.03 Å². The van der Waals surface area contributed by atoms with E-state index < -0.39 is 0 Å². The standard InChI is InChI=1S/C23H28N4O3/c1-15-6-9-21(30-5)19(12-15)16(2)24-23(29)25-18-7-8-20-17(13-18)10-11-27(20)14-22(28)26(3)4/h6-13,16H,14H2,1-5H3,(H2,24,25,29). The van der Waals surface area contributed by atoms with Crippen molar-refractivity contribution < 1.29 is 14.3 Å². The molecule has 0 fully saturated rings. The first-order valence-corrected chi connectivity index (χ1v) is 9.79. The fourth-order valence-electron chi connectivity index (χ4n) is 3.34. The molecule has 7 heteroatoms. The Kier molecular flexibility index (Phi) is 6.30. The lowest BCUT2D eigenvalue weighted by molar-refractivity contribution is -0.129. The Morgan fingerprint density at radius 1 is 1.13 bits per heavy atom. The van der Waals surface area contributed by atoms with Crippen molar-refractivity contribution in [1.29, 1.82) is 0 Å². The van der Waals surface area contributed by atoms with Gasteiger partial charge in [0.1, 0.15) is 12.3 Å². The van der Waals surface area contributed by atoms with Crippen LogP contribution >= 0.6 is 0 Å². The molecule has 2 aromatic carbocycles. The molecule has 7 nitrogen and oxygen atoms in total. The van der Waals surface area contributed by atoms with Crippen molar-refractivity contribution in [2.45, 2.75) is 26.4 Å². The molecule has 0 radical (unpaired) electrons. The molecule has 0 saturated carbocycles. The Bertz CT molecular complexity index is 1070. The van der Waals surface area contributed by atoms with Crippen LogP contribution in [0.25, 0.3) is 10.9 Å². The highest BCUT2D eigenvalue weighted by molar-refractivity contribution is 5.93. The van der Waals surface area contributed by atoms with Crippen LogP contribution in [-0.4, -0.2) is 42.6 Å². The number of carbonyl (C=O) groups excluding carboxylic acids is 2. The highest BCUT2D eigenvalue weighted by atomic mass is 16.5. The summed E-state index contributed by atoms with van der Waals surface area (Å²) in [5, 5.41) is 6.78. The second-order valence-electron chi connectivity index (χ2n) is 7.57. The Hall–Kier alpha value is -3.48. The van der Waals surface area contributed by atoms with Crippen LogP contribution in [0.4, 0.5) is 10.5 Å². The molecule has 1 aromatic heterocycles. The highest BCUT2D eigenvalue weighted by Gasteiger charge is 2.15. The summed E-state index contributed by atoms with van der Waals surface area (Å²) in [5.41, 5.74) is 3.64. The molecule has 3 amide bonds. The number of ether oxygens (including phenoxy) is 1. The number of rotatable bonds is 6. The van der Waals surface area contributed by atoms with Gasteiger partial charge in [0, 0.05) is 42.4 Å². The Labute approximate surface area is 176 Å². The second-order valence-corrected chi connectivity index (χ2v) is 7.57. The van der Waals surface area contributed by atoms with Gasteiger partial charge in [-0.25, -0.2) is 4.79 Å². The van der Waals surface area contributed by atoms with Gasteiger partial charge in [-0.2, -0.15) is 0 Å². The third-order valence-electron chi connectivity index (χ3n) is 5.03. The highest BCUT2D eigenvalue weighted by Crippen LogP contribution is 2.26. The van der Waals surface area contributed by atoms with E-state index in [1.165, 1.54) is 0 Å². The smallest absolute Gasteiger partial charge is 0.319 e. The zero-order chi connectivity index (χ0) is 21.8. The van der Waals surface area contributed by atoms with Crippen LogP contribution in [0.15, 0.2) is 48.7 Å². The first-order chi connectivity index (χ1) is 14.3. The van der Waals surface area contributed by atoms with Gasteiger partial charge in [0.15, 0.2) is 0 Å². The second kappa shape index (κ2) is 8.90. The maximum absolute atomic E-state index is 12.5. The number of urea groups is 1. The Balaban J connectivity index is 1.69. The number of aromatic nitrogens is 1. The van der Waals surface area contributed by atoms with E-state index in [2.05, 4.69) is 10.6 Å². The van der Waals surface area contributed by atoms with Gasteiger partial charge in [-0.3, -0.25) is 4.79 Å². The summed E-state index contributed by atoms with van der Waals surface area (Å²) in [5.74, 6) is 0.762. The van der Waals surface area contributed by atoms with E-state index >= 15 is 0 Å². The molecule has 0 bridgehead atoms. The molecule has 0 aliphatic heterocycles. The number of benzene rings is 2. The predicted octanol–water partition coefficient (Wildman–Crippen LogP) is 3.93. The van der Waals surface area contributed by atoms with Crippen molar-refractivity contribution in [2.24, 2.45) is 0 Å². The van der Waals surface area contributed by atoms with Crippen molar-refractivity contribution in [1.82, 2.24) is 14.8 Å². The molecular formula is C23H28N4O3. The molecule has 1 unspecified atom stereocenters. The molecule has 0 aliphatic carbocycles. The number of aryl methyl sites for hydroxylation is 1. The molecule has 2 N–H and O–H groups in total. The van der Waals surface area contributed by atoms with Gasteiger partial charge in [-0.15, -0.1) is 0 Å². The SMILES string of the molecule is COc1ccc(C)cc1C(C)NC(=O)Nc1ccc2c(ccn2CC(=O)N(C)C)c1. The van der Waals surface area contributed by atoms with Gasteiger partial charge < -0.3 is 24.8 Å². The number of hydrogen-bond donors (Lipinski definition) is 2. The van der Waals surface area contributed by atoms with Crippen LogP contribution in [-0.2, 0) is 11.3 Å². The number of nitrogens with one attached hydrogen (secondary N) is 2. The minimum absolute atomic E-state index is 0.0228. The zero-order valence-corrected chi connectivity index (χ0v) is 18.0. The Morgan fingerprint density at radius 3 is 2.60 bits per heavy atom. The van der Waals surface area contributed by atoms with Gasteiger partial charge in [0.05, 0.1) is 13.2 Å². The van der Waals surface area contributed by atoms with Crippen LogP contribution in [0.2, 0.25) is 0 Å². The summed E-state index contributed by atoms with van der Waals surface area (Å²) < 4.78 is 7.31. The average molecular weight is 409 g/mol. The molecule has 0 spiro atoms. The van der Waals surface area contributed by atoms with E-state index in [0.29, 0.717) is 5.69 Å². The molecule has 0 aliphatic rings. The normalized spacial score (nSPS) is 11.8. The number of carbonyl (C=O) groups is 2. The summed E-state index contributed by atoms with van der Waals surface area (Å²) in [6, 6.07) is 12.9. The van der Waals surface area contributed by atoms with Crippen molar-refractivity contribution in [2.75, 3.05) is 26.5 Å². The fourth-order valence-corrected chi connectivity index (χ4v) is 3.34. The van der Waals surface area contributed by atoms with Crippen LogP contribution in [0.1, 0.15) is 24.1 Å². The number of anilines is 1. The van der Waals surface area contributed by atoms with Crippen LogP contribution in [0.3, 0.4) is 0 Å². The van der Waals surface area contributed by atoms with Gasteiger partial charge in [-0.05, 0) is 44.2 Å². The van der Waals surface area contributed by atoms with E-state index in [-0.39, 0.29) is 24.5 Å². The molecule has 3 rings (SSSR count). The monoisotopic (exact) mass is 408 g/mol. The third kappa shape index (κ3) is 4.74. The van der Waals surface area contributed by atoms with E-state index in [4.69, 9.17) is 4.74 Å². The van der Waals surface area contributed by atoms with E-state index in [0.717, 1.165) is 27.8 Å². The average Bonchev–Trinajstić information content (AvgIpc) is 3.09. The molecule has 3 aromatic rings. The number of fused-ring (bicyclic) bond motifs is 1. The maximum atomic E-state index is 12.5. The topological polar surface area (TPSA) is 75.6 Å². The largest absolute Gasteiger partial charge is 0.496 e. The number of methoxy groups -OCH3 is 1. The van der Waals surface area contributed by atoms with Gasteiger partial charge in [0.2, 0.25) is 5.91 Å². The quantitative estimate of drug-likeness (QED) is 0.649. The first-order valence-electron chi connectivity index (χ1n) is 9.79. The van der Waals surface area contributed by atoms with Crippen LogP contribution in [0.5, 0.6) is 5.75 Å². The molecular weight excluding hydrogens is 380 g/mol. The zero-order valence-electron chi connectivity index (χ0n) is 18.0. The molecule has 0 saturated heterocycles. The van der Waals surface area contributed by atoms with E-state index in [9.17, 15) is 9.59 Å². The predicted molar refractivity (Wildman–Crippen MR) is 119 cm³/mol. The first kappa shape index (κ1) is 21.2. The summed E-state index contributed by atoms with van der Waals surface area (Å²) in [6.45, 7) is 4.20. The lowest BCUT2D eigenvalue weighted by atomic mass is 10.0. The van der Waals surface area contributed by atoms with Crippen LogP contribution < -0.4 is 15.4 Å². The van der Waals surface area contributed by atoms with Gasteiger partial charge in [-0.1, -0.05) is 17.7 Å². The lowest BCUT2D eigenvalue weighted by Crippen LogP contribution is -2.31. The minimum atomic E-state index is -0.298. The third-order valence-corrected chi connectivity index (χ3v) is 5.03. The molecule has 1 atom stereocenters. The van der Waals surface area contributed by atoms with Crippen molar-refractivity contribution in [3.05, 3.63) is 59.8 Å². The molecule has 30 heavy (non-hydrogen) atoms. The summed E-state index contributed by atoms with van der Waals surface area (Å²) in [7, 11) is 5.10. The Morgan fingerprint density at radius 2 is 1.90 bits per heavy atom. The molecule has 158 valence electrons. The van der Waals surface area contributed by atoms with E-state index in [1.807, 2.05) is 67.1 Å². The lowest BCUT2D eigenvalue weighted by Gasteiger charge is -2.18. The fraction of sp³-hybridized carbons (Fsp3) is 0.304. The molecule has 1 heterocycles. The van der Waals surface area contributed by atoms with Crippen molar-refractivity contribution in [3.63, 3.8) is 0 Å².